The predicted molar refractivity (Wildman–Crippen MR) is 82.4 cm³/mol. The number of fused-ring (bicyclic) bond motifs is 1. The smallest absolute Gasteiger partial charge is 0.300 e. The molecule has 0 atom stereocenters. The molecule has 1 heterocycles. The van der Waals surface area contributed by atoms with E-state index in [9.17, 15) is 0 Å². The fourth-order valence-corrected chi connectivity index (χ4v) is 2.25. The largest absolute Gasteiger partial charge is 0.423 e. The monoisotopic (exact) mass is 266 g/mol. The lowest BCUT2D eigenvalue weighted by molar-refractivity contribution is 0.593. The average Bonchev–Trinajstić information content (AvgIpc) is 2.80. The minimum atomic E-state index is 0.0421. The SMILES string of the molecule is CC(C)(C)c1cccc2oc(Nc3ccccc3)nc12. The van der Waals surface area contributed by atoms with Crippen LogP contribution in [-0.4, -0.2) is 4.98 Å². The highest BCUT2D eigenvalue weighted by atomic mass is 16.4. The van der Waals surface area contributed by atoms with Gasteiger partial charge in [0, 0.05) is 5.69 Å². The fraction of sp³-hybridized carbons (Fsp3) is 0.235. The quantitative estimate of drug-likeness (QED) is 0.719. The van der Waals surface area contributed by atoms with Gasteiger partial charge in [0.25, 0.3) is 6.01 Å². The summed E-state index contributed by atoms with van der Waals surface area (Å²) in [5.41, 5.74) is 3.95. The third-order valence-electron chi connectivity index (χ3n) is 3.25. The summed E-state index contributed by atoms with van der Waals surface area (Å²) in [5.74, 6) is 0. The Bertz CT molecular complexity index is 724. The third kappa shape index (κ3) is 2.39. The molecule has 3 nitrogen and oxygen atoms in total. The summed E-state index contributed by atoms with van der Waals surface area (Å²) in [6.45, 7) is 6.54. The van der Waals surface area contributed by atoms with Gasteiger partial charge in [-0.3, -0.25) is 0 Å². The summed E-state index contributed by atoms with van der Waals surface area (Å²) >= 11 is 0. The number of hydrogen-bond donors (Lipinski definition) is 1. The molecule has 3 heteroatoms. The molecule has 0 fully saturated rings. The summed E-state index contributed by atoms with van der Waals surface area (Å²) in [7, 11) is 0. The van der Waals surface area contributed by atoms with Crippen molar-refractivity contribution in [3.05, 3.63) is 54.1 Å². The van der Waals surface area contributed by atoms with Crippen molar-refractivity contribution in [2.24, 2.45) is 0 Å². The Balaban J connectivity index is 2.03. The van der Waals surface area contributed by atoms with Gasteiger partial charge in [-0.25, -0.2) is 0 Å². The average molecular weight is 266 g/mol. The highest BCUT2D eigenvalue weighted by molar-refractivity contribution is 5.80. The van der Waals surface area contributed by atoms with E-state index in [0.717, 1.165) is 16.8 Å². The number of rotatable bonds is 2. The van der Waals surface area contributed by atoms with Crippen LogP contribution in [0.4, 0.5) is 11.7 Å². The van der Waals surface area contributed by atoms with Gasteiger partial charge in [0.2, 0.25) is 0 Å². The van der Waals surface area contributed by atoms with Crippen LogP contribution in [0.2, 0.25) is 0 Å². The molecular weight excluding hydrogens is 248 g/mol. The van der Waals surface area contributed by atoms with Crippen LogP contribution >= 0.6 is 0 Å². The number of nitrogens with one attached hydrogen (secondary N) is 1. The van der Waals surface area contributed by atoms with E-state index in [4.69, 9.17) is 4.42 Å². The Morgan fingerprint density at radius 2 is 1.70 bits per heavy atom. The molecule has 1 aromatic heterocycles. The molecule has 2 aromatic carbocycles. The first-order chi connectivity index (χ1) is 9.54. The lowest BCUT2D eigenvalue weighted by Gasteiger charge is -2.18. The van der Waals surface area contributed by atoms with Crippen LogP contribution in [0.5, 0.6) is 0 Å². The molecule has 0 unspecified atom stereocenters. The standard InChI is InChI=1S/C17H18N2O/c1-17(2,3)13-10-7-11-14-15(13)19-16(20-14)18-12-8-5-4-6-9-12/h4-11H,1-3H3,(H,18,19). The van der Waals surface area contributed by atoms with Crippen LogP contribution in [-0.2, 0) is 5.41 Å². The molecule has 102 valence electrons. The topological polar surface area (TPSA) is 38.1 Å². The Morgan fingerprint density at radius 1 is 0.950 bits per heavy atom. The van der Waals surface area contributed by atoms with Crippen molar-refractivity contribution in [2.75, 3.05) is 5.32 Å². The maximum atomic E-state index is 5.79. The van der Waals surface area contributed by atoms with Gasteiger partial charge >= 0.3 is 0 Å². The van der Waals surface area contributed by atoms with Crippen molar-refractivity contribution in [1.29, 1.82) is 0 Å². The van der Waals surface area contributed by atoms with Crippen molar-refractivity contribution in [2.45, 2.75) is 26.2 Å². The molecule has 0 aliphatic heterocycles. The van der Waals surface area contributed by atoms with Gasteiger partial charge in [-0.1, -0.05) is 51.1 Å². The first-order valence-electron chi connectivity index (χ1n) is 6.76. The minimum Gasteiger partial charge on any atom is -0.423 e. The van der Waals surface area contributed by atoms with Crippen molar-refractivity contribution < 1.29 is 4.42 Å². The second kappa shape index (κ2) is 4.67. The van der Waals surface area contributed by atoms with Gasteiger partial charge in [-0.2, -0.15) is 4.98 Å². The first kappa shape index (κ1) is 12.7. The van der Waals surface area contributed by atoms with Crippen molar-refractivity contribution in [3.8, 4) is 0 Å². The number of nitrogens with zero attached hydrogens (tertiary/aromatic N) is 1. The van der Waals surface area contributed by atoms with Gasteiger partial charge in [0.1, 0.15) is 5.52 Å². The molecule has 3 rings (SSSR count). The number of para-hydroxylation sites is 2. The Labute approximate surface area is 118 Å². The van der Waals surface area contributed by atoms with Crippen LogP contribution in [0, 0.1) is 0 Å². The summed E-state index contributed by atoms with van der Waals surface area (Å²) < 4.78 is 5.79. The molecule has 0 saturated heterocycles. The van der Waals surface area contributed by atoms with Crippen LogP contribution in [0.1, 0.15) is 26.3 Å². The summed E-state index contributed by atoms with van der Waals surface area (Å²) in [6, 6.07) is 16.5. The van der Waals surface area contributed by atoms with E-state index < -0.39 is 0 Å². The molecule has 0 aliphatic rings. The first-order valence-corrected chi connectivity index (χ1v) is 6.76. The Hall–Kier alpha value is -2.29. The molecule has 0 saturated carbocycles. The molecule has 0 aliphatic carbocycles. The molecule has 0 amide bonds. The lowest BCUT2D eigenvalue weighted by atomic mass is 9.86. The van der Waals surface area contributed by atoms with Gasteiger partial charge in [0.15, 0.2) is 5.58 Å². The van der Waals surface area contributed by atoms with Crippen molar-refractivity contribution in [3.63, 3.8) is 0 Å². The van der Waals surface area contributed by atoms with E-state index in [-0.39, 0.29) is 5.41 Å². The van der Waals surface area contributed by atoms with E-state index in [1.54, 1.807) is 0 Å². The zero-order chi connectivity index (χ0) is 14.2. The van der Waals surface area contributed by atoms with Gasteiger partial charge in [-0.05, 0) is 29.2 Å². The van der Waals surface area contributed by atoms with E-state index >= 15 is 0 Å². The summed E-state index contributed by atoms with van der Waals surface area (Å²) in [6.07, 6.45) is 0. The van der Waals surface area contributed by atoms with Gasteiger partial charge in [0.05, 0.1) is 0 Å². The maximum absolute atomic E-state index is 5.79. The second-order valence-corrected chi connectivity index (χ2v) is 5.91. The lowest BCUT2D eigenvalue weighted by Crippen LogP contribution is -2.11. The molecule has 0 bridgehead atoms. The highest BCUT2D eigenvalue weighted by Crippen LogP contribution is 2.31. The molecule has 0 radical (unpaired) electrons. The Kier molecular flexibility index (Phi) is 2.97. The number of anilines is 2. The zero-order valence-corrected chi connectivity index (χ0v) is 12.0. The van der Waals surface area contributed by atoms with Crippen LogP contribution in [0.3, 0.4) is 0 Å². The van der Waals surface area contributed by atoms with E-state index in [1.807, 2.05) is 42.5 Å². The Morgan fingerprint density at radius 3 is 2.40 bits per heavy atom. The number of oxazole rings is 1. The van der Waals surface area contributed by atoms with E-state index in [0.29, 0.717) is 6.01 Å². The number of hydrogen-bond acceptors (Lipinski definition) is 3. The van der Waals surface area contributed by atoms with Crippen molar-refractivity contribution in [1.82, 2.24) is 4.98 Å². The normalized spacial score (nSPS) is 11.8. The van der Waals surface area contributed by atoms with Crippen LogP contribution in [0.15, 0.2) is 52.9 Å². The predicted octanol–water partition coefficient (Wildman–Crippen LogP) is 4.87. The molecule has 1 N–H and O–H groups in total. The van der Waals surface area contributed by atoms with Crippen LogP contribution in [0.25, 0.3) is 11.1 Å². The third-order valence-corrected chi connectivity index (χ3v) is 3.25. The van der Waals surface area contributed by atoms with E-state index in [1.165, 1.54) is 5.56 Å². The van der Waals surface area contributed by atoms with Gasteiger partial charge < -0.3 is 9.73 Å². The van der Waals surface area contributed by atoms with E-state index in [2.05, 4.69) is 37.1 Å². The zero-order valence-electron chi connectivity index (χ0n) is 12.0. The number of benzene rings is 2. The molecule has 20 heavy (non-hydrogen) atoms. The summed E-state index contributed by atoms with van der Waals surface area (Å²) in [4.78, 5) is 4.60. The molecule has 3 aromatic rings. The number of aromatic nitrogens is 1. The fourth-order valence-electron chi connectivity index (χ4n) is 2.25. The van der Waals surface area contributed by atoms with Crippen molar-refractivity contribution >= 4 is 22.8 Å². The second-order valence-electron chi connectivity index (χ2n) is 5.91. The summed E-state index contributed by atoms with van der Waals surface area (Å²) in [5, 5.41) is 3.19. The minimum absolute atomic E-state index is 0.0421. The molecule has 0 spiro atoms. The maximum Gasteiger partial charge on any atom is 0.300 e. The highest BCUT2D eigenvalue weighted by Gasteiger charge is 2.20. The molecular formula is C17H18N2O. The van der Waals surface area contributed by atoms with Gasteiger partial charge in [-0.15, -0.1) is 0 Å². The van der Waals surface area contributed by atoms with Crippen LogP contribution < -0.4 is 5.32 Å².